The van der Waals surface area contributed by atoms with E-state index in [-0.39, 0.29) is 0 Å². The van der Waals surface area contributed by atoms with E-state index in [2.05, 4.69) is 43.2 Å². The van der Waals surface area contributed by atoms with Crippen molar-refractivity contribution in [2.24, 2.45) is 0 Å². The van der Waals surface area contributed by atoms with Crippen molar-refractivity contribution in [2.45, 2.75) is 39.8 Å². The lowest BCUT2D eigenvalue weighted by Crippen LogP contribution is -2.22. The summed E-state index contributed by atoms with van der Waals surface area (Å²) in [6, 6.07) is 12.5. The van der Waals surface area contributed by atoms with Gasteiger partial charge in [0.15, 0.2) is 0 Å². The van der Waals surface area contributed by atoms with Gasteiger partial charge in [0.05, 0.1) is 5.69 Å². The molecule has 3 heteroatoms. The summed E-state index contributed by atoms with van der Waals surface area (Å²) in [6.45, 7) is 7.14. The van der Waals surface area contributed by atoms with Crippen LogP contribution in [0.1, 0.15) is 32.0 Å². The van der Waals surface area contributed by atoms with Crippen LogP contribution in [0.3, 0.4) is 0 Å². The standard InChI is InChI=1S/C17H22N2O/c1-4-14-6-5-7-16(10-14)20-17-8-9-18-15(11-17)12-19-13(2)3/h5-11,13,19H,4,12H2,1-3H3. The van der Waals surface area contributed by atoms with E-state index in [0.29, 0.717) is 6.04 Å². The van der Waals surface area contributed by atoms with Crippen molar-refractivity contribution in [2.75, 3.05) is 0 Å². The molecule has 0 aliphatic heterocycles. The lowest BCUT2D eigenvalue weighted by Gasteiger charge is -2.10. The zero-order valence-electron chi connectivity index (χ0n) is 12.4. The van der Waals surface area contributed by atoms with Crippen molar-refractivity contribution < 1.29 is 4.74 Å². The van der Waals surface area contributed by atoms with Crippen LogP contribution in [0.5, 0.6) is 11.5 Å². The fourth-order valence-corrected chi connectivity index (χ4v) is 1.89. The molecule has 1 aromatic carbocycles. The molecule has 106 valence electrons. The Morgan fingerprint density at radius 3 is 2.70 bits per heavy atom. The Kier molecular flexibility index (Phi) is 5.13. The molecule has 0 saturated carbocycles. The number of hydrogen-bond donors (Lipinski definition) is 1. The maximum atomic E-state index is 5.90. The summed E-state index contributed by atoms with van der Waals surface area (Å²) in [7, 11) is 0. The molecule has 1 heterocycles. The van der Waals surface area contributed by atoms with E-state index in [1.54, 1.807) is 6.20 Å². The maximum absolute atomic E-state index is 5.90. The molecule has 0 spiro atoms. The first kappa shape index (κ1) is 14.5. The van der Waals surface area contributed by atoms with Crippen LogP contribution in [0.15, 0.2) is 42.6 Å². The summed E-state index contributed by atoms with van der Waals surface area (Å²) >= 11 is 0. The van der Waals surface area contributed by atoms with Gasteiger partial charge in [0, 0.05) is 24.8 Å². The number of nitrogens with zero attached hydrogens (tertiary/aromatic N) is 1. The van der Waals surface area contributed by atoms with E-state index in [4.69, 9.17) is 4.74 Å². The zero-order valence-corrected chi connectivity index (χ0v) is 12.4. The second kappa shape index (κ2) is 7.06. The fraction of sp³-hybridized carbons (Fsp3) is 0.353. The average Bonchev–Trinajstić information content (AvgIpc) is 2.46. The third-order valence-corrected chi connectivity index (χ3v) is 3.02. The van der Waals surface area contributed by atoms with E-state index < -0.39 is 0 Å². The van der Waals surface area contributed by atoms with Crippen LogP contribution in [0.2, 0.25) is 0 Å². The second-order valence-corrected chi connectivity index (χ2v) is 5.12. The van der Waals surface area contributed by atoms with Gasteiger partial charge in [-0.15, -0.1) is 0 Å². The molecule has 0 saturated heterocycles. The van der Waals surface area contributed by atoms with Crippen LogP contribution < -0.4 is 10.1 Å². The molecule has 0 bridgehead atoms. The van der Waals surface area contributed by atoms with E-state index in [9.17, 15) is 0 Å². The van der Waals surface area contributed by atoms with Crippen LogP contribution in [-0.2, 0) is 13.0 Å². The summed E-state index contributed by atoms with van der Waals surface area (Å²) in [4.78, 5) is 4.34. The number of ether oxygens (including phenoxy) is 1. The highest BCUT2D eigenvalue weighted by atomic mass is 16.5. The van der Waals surface area contributed by atoms with Gasteiger partial charge < -0.3 is 10.1 Å². The van der Waals surface area contributed by atoms with Crippen LogP contribution >= 0.6 is 0 Å². The number of aryl methyl sites for hydroxylation is 1. The summed E-state index contributed by atoms with van der Waals surface area (Å²) in [5, 5.41) is 3.35. The first-order valence-corrected chi connectivity index (χ1v) is 7.12. The number of hydrogen-bond acceptors (Lipinski definition) is 3. The van der Waals surface area contributed by atoms with Gasteiger partial charge in [-0.05, 0) is 30.2 Å². The molecular weight excluding hydrogens is 248 g/mol. The van der Waals surface area contributed by atoms with Crippen LogP contribution in [-0.4, -0.2) is 11.0 Å². The third-order valence-electron chi connectivity index (χ3n) is 3.02. The van der Waals surface area contributed by atoms with Crippen LogP contribution in [0, 0.1) is 0 Å². The van der Waals surface area contributed by atoms with Gasteiger partial charge in [-0.2, -0.15) is 0 Å². The highest BCUT2D eigenvalue weighted by molar-refractivity contribution is 5.34. The highest BCUT2D eigenvalue weighted by Gasteiger charge is 2.02. The highest BCUT2D eigenvalue weighted by Crippen LogP contribution is 2.22. The van der Waals surface area contributed by atoms with Gasteiger partial charge in [0.1, 0.15) is 11.5 Å². The normalized spacial score (nSPS) is 10.8. The Morgan fingerprint density at radius 2 is 1.95 bits per heavy atom. The van der Waals surface area contributed by atoms with E-state index >= 15 is 0 Å². The van der Waals surface area contributed by atoms with E-state index in [0.717, 1.165) is 30.2 Å². The number of pyridine rings is 1. The zero-order chi connectivity index (χ0) is 14.4. The second-order valence-electron chi connectivity index (χ2n) is 5.12. The SMILES string of the molecule is CCc1cccc(Oc2ccnc(CNC(C)C)c2)c1. The first-order chi connectivity index (χ1) is 9.67. The molecule has 1 N–H and O–H groups in total. The van der Waals surface area contributed by atoms with Crippen molar-refractivity contribution in [1.82, 2.24) is 10.3 Å². The van der Waals surface area contributed by atoms with Crippen molar-refractivity contribution in [3.8, 4) is 11.5 Å². The molecule has 1 aromatic heterocycles. The minimum absolute atomic E-state index is 0.447. The van der Waals surface area contributed by atoms with E-state index in [1.165, 1.54) is 5.56 Å². The summed E-state index contributed by atoms with van der Waals surface area (Å²) in [5.41, 5.74) is 2.26. The molecule has 0 atom stereocenters. The quantitative estimate of drug-likeness (QED) is 0.863. The molecular formula is C17H22N2O. The molecule has 0 radical (unpaired) electrons. The predicted octanol–water partition coefficient (Wildman–Crippen LogP) is 3.93. The molecule has 20 heavy (non-hydrogen) atoms. The topological polar surface area (TPSA) is 34.1 Å². The number of aromatic nitrogens is 1. The monoisotopic (exact) mass is 270 g/mol. The van der Waals surface area contributed by atoms with Crippen molar-refractivity contribution >= 4 is 0 Å². The average molecular weight is 270 g/mol. The number of rotatable bonds is 6. The maximum Gasteiger partial charge on any atom is 0.130 e. The molecule has 0 amide bonds. The van der Waals surface area contributed by atoms with Crippen LogP contribution in [0.4, 0.5) is 0 Å². The van der Waals surface area contributed by atoms with Gasteiger partial charge in [-0.3, -0.25) is 4.98 Å². The minimum Gasteiger partial charge on any atom is -0.457 e. The molecule has 3 nitrogen and oxygen atoms in total. The van der Waals surface area contributed by atoms with Crippen molar-refractivity contribution in [1.29, 1.82) is 0 Å². The Morgan fingerprint density at radius 1 is 1.15 bits per heavy atom. The summed E-state index contributed by atoms with van der Waals surface area (Å²) < 4.78 is 5.90. The molecule has 0 aliphatic carbocycles. The Labute approximate surface area is 121 Å². The van der Waals surface area contributed by atoms with Crippen molar-refractivity contribution in [3.05, 3.63) is 53.9 Å². The molecule has 2 aromatic rings. The van der Waals surface area contributed by atoms with Gasteiger partial charge >= 0.3 is 0 Å². The minimum atomic E-state index is 0.447. The van der Waals surface area contributed by atoms with Gasteiger partial charge in [-0.1, -0.05) is 32.9 Å². The van der Waals surface area contributed by atoms with Gasteiger partial charge in [-0.25, -0.2) is 0 Å². The molecule has 0 unspecified atom stereocenters. The van der Waals surface area contributed by atoms with Gasteiger partial charge in [0.2, 0.25) is 0 Å². The first-order valence-electron chi connectivity index (χ1n) is 7.12. The predicted molar refractivity (Wildman–Crippen MR) is 82.1 cm³/mol. The Balaban J connectivity index is 2.06. The van der Waals surface area contributed by atoms with Gasteiger partial charge in [0.25, 0.3) is 0 Å². The lowest BCUT2D eigenvalue weighted by molar-refractivity contribution is 0.479. The number of benzene rings is 1. The molecule has 0 aliphatic rings. The Bertz CT molecular complexity index is 552. The fourth-order valence-electron chi connectivity index (χ4n) is 1.89. The van der Waals surface area contributed by atoms with E-state index in [1.807, 2.05) is 24.3 Å². The number of nitrogens with one attached hydrogen (secondary N) is 1. The van der Waals surface area contributed by atoms with Crippen LogP contribution in [0.25, 0.3) is 0 Å². The third kappa shape index (κ3) is 4.35. The molecule has 0 fully saturated rings. The van der Waals surface area contributed by atoms with Crippen molar-refractivity contribution in [3.63, 3.8) is 0 Å². The summed E-state index contributed by atoms with van der Waals surface area (Å²) in [6.07, 6.45) is 2.80. The lowest BCUT2D eigenvalue weighted by atomic mass is 10.2. The largest absolute Gasteiger partial charge is 0.457 e. The summed E-state index contributed by atoms with van der Waals surface area (Å²) in [5.74, 6) is 1.70. The molecule has 2 rings (SSSR count). The smallest absolute Gasteiger partial charge is 0.130 e. The Hall–Kier alpha value is -1.87.